The van der Waals surface area contributed by atoms with E-state index in [-0.39, 0.29) is 6.54 Å². The quantitative estimate of drug-likeness (QED) is 0.596. The topological polar surface area (TPSA) is 97.5 Å². The van der Waals surface area contributed by atoms with Gasteiger partial charge >= 0.3 is 5.97 Å². The van der Waals surface area contributed by atoms with Crippen molar-refractivity contribution in [1.82, 2.24) is 5.32 Å². The van der Waals surface area contributed by atoms with Crippen molar-refractivity contribution in [2.75, 3.05) is 11.9 Å². The van der Waals surface area contributed by atoms with Crippen molar-refractivity contribution in [3.05, 3.63) is 59.7 Å². The Morgan fingerprint density at radius 2 is 1.83 bits per heavy atom. The SMILES string of the molecule is Cc1ccc(NC(=Nc2ccc(C#N)cc2)NCC(=O)O)cc1. The van der Waals surface area contributed by atoms with Crippen molar-refractivity contribution in [3.63, 3.8) is 0 Å². The Bertz CT molecular complexity index is 744. The van der Waals surface area contributed by atoms with Gasteiger partial charge in [0.1, 0.15) is 6.54 Å². The molecule has 2 rings (SSSR count). The summed E-state index contributed by atoms with van der Waals surface area (Å²) in [5, 5.41) is 23.4. The Hall–Kier alpha value is -3.33. The minimum atomic E-state index is -0.983. The standard InChI is InChI=1S/C17H16N4O2/c1-12-2-6-14(7-3-12)20-17(19-11-16(22)23)21-15-8-4-13(10-18)5-9-15/h2-9H,11H2,1H3,(H,22,23)(H2,19,20,21). The van der Waals surface area contributed by atoms with E-state index in [0.717, 1.165) is 11.3 Å². The molecule has 0 aliphatic carbocycles. The van der Waals surface area contributed by atoms with Crippen LogP contribution in [-0.2, 0) is 4.79 Å². The molecule has 0 spiro atoms. The summed E-state index contributed by atoms with van der Waals surface area (Å²) >= 11 is 0. The van der Waals surface area contributed by atoms with Crippen LogP contribution in [0.1, 0.15) is 11.1 Å². The van der Waals surface area contributed by atoms with Crippen LogP contribution in [0.4, 0.5) is 11.4 Å². The minimum Gasteiger partial charge on any atom is -0.480 e. The lowest BCUT2D eigenvalue weighted by Gasteiger charge is -2.11. The number of carboxylic acids is 1. The van der Waals surface area contributed by atoms with Gasteiger partial charge in [-0.05, 0) is 43.3 Å². The second-order valence-corrected chi connectivity index (χ2v) is 4.86. The molecule has 0 unspecified atom stereocenters. The molecular weight excluding hydrogens is 292 g/mol. The van der Waals surface area contributed by atoms with E-state index >= 15 is 0 Å². The number of nitrogens with zero attached hydrogens (tertiary/aromatic N) is 2. The highest BCUT2D eigenvalue weighted by atomic mass is 16.4. The van der Waals surface area contributed by atoms with Gasteiger partial charge < -0.3 is 15.7 Å². The number of anilines is 1. The number of hydrogen-bond acceptors (Lipinski definition) is 3. The molecule has 6 heteroatoms. The minimum absolute atomic E-state index is 0.256. The number of carbonyl (C=O) groups is 1. The monoisotopic (exact) mass is 308 g/mol. The number of nitriles is 1. The number of hydrogen-bond donors (Lipinski definition) is 3. The summed E-state index contributed by atoms with van der Waals surface area (Å²) in [6, 6.07) is 16.4. The van der Waals surface area contributed by atoms with Crippen molar-refractivity contribution in [3.8, 4) is 6.07 Å². The third-order valence-electron chi connectivity index (χ3n) is 2.96. The van der Waals surface area contributed by atoms with Crippen molar-refractivity contribution in [1.29, 1.82) is 5.26 Å². The van der Waals surface area contributed by atoms with Crippen LogP contribution >= 0.6 is 0 Å². The predicted octanol–water partition coefficient (Wildman–Crippen LogP) is 2.64. The smallest absolute Gasteiger partial charge is 0.322 e. The highest BCUT2D eigenvalue weighted by molar-refractivity contribution is 5.96. The van der Waals surface area contributed by atoms with E-state index in [1.54, 1.807) is 24.3 Å². The molecule has 3 N–H and O–H groups in total. The van der Waals surface area contributed by atoms with E-state index in [9.17, 15) is 4.79 Å². The highest BCUT2D eigenvalue weighted by Gasteiger charge is 2.04. The van der Waals surface area contributed by atoms with Crippen LogP contribution in [0.2, 0.25) is 0 Å². The Morgan fingerprint density at radius 1 is 1.17 bits per heavy atom. The molecule has 0 fully saturated rings. The highest BCUT2D eigenvalue weighted by Crippen LogP contribution is 2.14. The molecule has 0 aromatic heterocycles. The van der Waals surface area contributed by atoms with Gasteiger partial charge in [0.15, 0.2) is 0 Å². The third kappa shape index (κ3) is 5.17. The first kappa shape index (κ1) is 16.0. The predicted molar refractivity (Wildman–Crippen MR) is 88.7 cm³/mol. The fourth-order valence-electron chi connectivity index (χ4n) is 1.78. The second kappa shape index (κ2) is 7.61. The zero-order valence-corrected chi connectivity index (χ0v) is 12.6. The molecule has 0 saturated heterocycles. The maximum Gasteiger partial charge on any atom is 0.322 e. The van der Waals surface area contributed by atoms with Crippen molar-refractivity contribution >= 4 is 23.3 Å². The molecule has 0 saturated carbocycles. The number of benzene rings is 2. The average Bonchev–Trinajstić information content (AvgIpc) is 2.55. The normalized spacial score (nSPS) is 10.7. The first-order chi connectivity index (χ1) is 11.1. The lowest BCUT2D eigenvalue weighted by Crippen LogP contribution is -2.34. The van der Waals surface area contributed by atoms with Gasteiger partial charge in [0.25, 0.3) is 0 Å². The molecule has 2 aromatic carbocycles. The number of rotatable bonds is 4. The number of nitrogens with one attached hydrogen (secondary N) is 2. The fraction of sp³-hybridized carbons (Fsp3) is 0.118. The van der Waals surface area contributed by atoms with Gasteiger partial charge in [-0.3, -0.25) is 4.79 Å². The third-order valence-corrected chi connectivity index (χ3v) is 2.96. The van der Waals surface area contributed by atoms with Crippen molar-refractivity contribution < 1.29 is 9.90 Å². The molecule has 0 radical (unpaired) electrons. The molecule has 0 atom stereocenters. The van der Waals surface area contributed by atoms with E-state index in [2.05, 4.69) is 15.6 Å². The van der Waals surface area contributed by atoms with Gasteiger partial charge in [0.2, 0.25) is 5.96 Å². The number of guanidine groups is 1. The van der Waals surface area contributed by atoms with Gasteiger partial charge in [-0.2, -0.15) is 5.26 Å². The van der Waals surface area contributed by atoms with Gasteiger partial charge in [-0.15, -0.1) is 0 Å². The summed E-state index contributed by atoms with van der Waals surface area (Å²) in [5.41, 5.74) is 3.06. The summed E-state index contributed by atoms with van der Waals surface area (Å²) in [5.74, 6) is -0.663. The van der Waals surface area contributed by atoms with Crippen LogP contribution in [0.15, 0.2) is 53.5 Å². The molecule has 0 bridgehead atoms. The number of aliphatic imine (C=N–C) groups is 1. The average molecular weight is 308 g/mol. The van der Waals surface area contributed by atoms with Crippen LogP contribution in [0.3, 0.4) is 0 Å². The van der Waals surface area contributed by atoms with Crippen LogP contribution in [0, 0.1) is 18.3 Å². The number of carboxylic acid groups (broad SMARTS) is 1. The molecule has 0 amide bonds. The van der Waals surface area contributed by atoms with Crippen LogP contribution < -0.4 is 10.6 Å². The van der Waals surface area contributed by atoms with Gasteiger partial charge in [0.05, 0.1) is 17.3 Å². The molecule has 116 valence electrons. The molecular formula is C17H16N4O2. The van der Waals surface area contributed by atoms with Gasteiger partial charge in [-0.1, -0.05) is 17.7 Å². The summed E-state index contributed by atoms with van der Waals surface area (Å²) in [6.45, 7) is 1.73. The Kier molecular flexibility index (Phi) is 5.31. The summed E-state index contributed by atoms with van der Waals surface area (Å²) in [7, 11) is 0. The van der Waals surface area contributed by atoms with E-state index in [1.807, 2.05) is 37.3 Å². The van der Waals surface area contributed by atoms with Crippen molar-refractivity contribution in [2.24, 2.45) is 4.99 Å². The molecule has 0 aliphatic rings. The number of aliphatic carboxylic acids is 1. The zero-order valence-electron chi connectivity index (χ0n) is 12.6. The van der Waals surface area contributed by atoms with E-state index in [4.69, 9.17) is 10.4 Å². The van der Waals surface area contributed by atoms with Crippen LogP contribution in [0.5, 0.6) is 0 Å². The number of aryl methyl sites for hydroxylation is 1. The molecule has 23 heavy (non-hydrogen) atoms. The van der Waals surface area contributed by atoms with E-state index < -0.39 is 5.97 Å². The maximum atomic E-state index is 10.8. The Morgan fingerprint density at radius 3 is 2.39 bits per heavy atom. The Balaban J connectivity index is 2.21. The molecule has 0 heterocycles. The lowest BCUT2D eigenvalue weighted by molar-refractivity contribution is -0.135. The maximum absolute atomic E-state index is 10.8. The van der Waals surface area contributed by atoms with Gasteiger partial charge in [0, 0.05) is 5.69 Å². The second-order valence-electron chi connectivity index (χ2n) is 4.86. The zero-order chi connectivity index (χ0) is 16.7. The summed E-state index contributed by atoms with van der Waals surface area (Å²) < 4.78 is 0. The fourth-order valence-corrected chi connectivity index (χ4v) is 1.78. The van der Waals surface area contributed by atoms with E-state index in [0.29, 0.717) is 17.2 Å². The van der Waals surface area contributed by atoms with E-state index in [1.165, 1.54) is 0 Å². The lowest BCUT2D eigenvalue weighted by atomic mass is 10.2. The van der Waals surface area contributed by atoms with Crippen LogP contribution in [-0.4, -0.2) is 23.6 Å². The van der Waals surface area contributed by atoms with Crippen molar-refractivity contribution in [2.45, 2.75) is 6.92 Å². The largest absolute Gasteiger partial charge is 0.480 e. The molecule has 2 aromatic rings. The summed E-state index contributed by atoms with van der Waals surface area (Å²) in [4.78, 5) is 15.1. The Labute approximate surface area is 134 Å². The molecule has 0 aliphatic heterocycles. The van der Waals surface area contributed by atoms with Gasteiger partial charge in [-0.25, -0.2) is 4.99 Å². The van der Waals surface area contributed by atoms with Crippen LogP contribution in [0.25, 0.3) is 0 Å². The first-order valence-corrected chi connectivity index (χ1v) is 6.95. The summed E-state index contributed by atoms with van der Waals surface area (Å²) in [6.07, 6.45) is 0. The molecule has 6 nitrogen and oxygen atoms in total. The first-order valence-electron chi connectivity index (χ1n) is 6.95.